The molecule has 5 rings (SSSR count). The SMILES string of the molecule is Cc1cc(Oc2ccc(NC(=O)c3cn(C(C)C)c(=O)n(-c4ccc(F)cc4)c3=O)cc2)n2nccc2n1. The van der Waals surface area contributed by atoms with E-state index in [0.29, 0.717) is 23.0 Å². The van der Waals surface area contributed by atoms with Crippen LogP contribution < -0.4 is 21.3 Å². The molecule has 192 valence electrons. The van der Waals surface area contributed by atoms with Crippen LogP contribution in [-0.4, -0.2) is 29.6 Å². The van der Waals surface area contributed by atoms with Crippen molar-refractivity contribution >= 4 is 17.2 Å². The summed E-state index contributed by atoms with van der Waals surface area (Å²) in [6.45, 7) is 5.36. The van der Waals surface area contributed by atoms with Crippen LogP contribution in [0, 0.1) is 12.7 Å². The van der Waals surface area contributed by atoms with Crippen molar-refractivity contribution in [3.63, 3.8) is 0 Å². The summed E-state index contributed by atoms with van der Waals surface area (Å²) in [6.07, 6.45) is 2.86. The first-order chi connectivity index (χ1) is 18.2. The Bertz CT molecular complexity index is 1770. The number of fused-ring (bicyclic) bond motifs is 1. The van der Waals surface area contributed by atoms with Gasteiger partial charge in [-0.05, 0) is 69.3 Å². The van der Waals surface area contributed by atoms with Crippen molar-refractivity contribution in [2.24, 2.45) is 0 Å². The number of carbonyl (C=O) groups is 1. The van der Waals surface area contributed by atoms with Crippen molar-refractivity contribution in [3.05, 3.63) is 111 Å². The van der Waals surface area contributed by atoms with Crippen LogP contribution >= 0.6 is 0 Å². The molecule has 11 heteroatoms. The highest BCUT2D eigenvalue weighted by Gasteiger charge is 2.20. The largest absolute Gasteiger partial charge is 0.439 e. The molecule has 38 heavy (non-hydrogen) atoms. The molecule has 0 spiro atoms. The van der Waals surface area contributed by atoms with E-state index in [9.17, 15) is 18.8 Å². The predicted octanol–water partition coefficient (Wildman–Crippen LogP) is 4.11. The van der Waals surface area contributed by atoms with E-state index < -0.39 is 23.0 Å². The fraction of sp³-hybridized carbons (Fsp3) is 0.148. The van der Waals surface area contributed by atoms with E-state index in [-0.39, 0.29) is 17.3 Å². The van der Waals surface area contributed by atoms with Gasteiger partial charge in [0.25, 0.3) is 11.5 Å². The van der Waals surface area contributed by atoms with Gasteiger partial charge in [0.15, 0.2) is 5.65 Å². The molecule has 0 aliphatic carbocycles. The van der Waals surface area contributed by atoms with Crippen LogP contribution in [0.4, 0.5) is 10.1 Å². The number of hydrogen-bond acceptors (Lipinski definition) is 6. The zero-order valence-corrected chi connectivity index (χ0v) is 20.8. The lowest BCUT2D eigenvalue weighted by atomic mass is 10.2. The normalized spacial score (nSPS) is 11.2. The highest BCUT2D eigenvalue weighted by Crippen LogP contribution is 2.24. The molecule has 3 aromatic heterocycles. The second-order valence-corrected chi connectivity index (χ2v) is 8.86. The quantitative estimate of drug-likeness (QED) is 0.365. The van der Waals surface area contributed by atoms with E-state index in [4.69, 9.17) is 4.74 Å². The Balaban J connectivity index is 1.43. The summed E-state index contributed by atoms with van der Waals surface area (Å²) in [5.41, 5.74) is 0.303. The van der Waals surface area contributed by atoms with Crippen molar-refractivity contribution in [1.29, 1.82) is 0 Å². The van der Waals surface area contributed by atoms with E-state index in [1.54, 1.807) is 61.0 Å². The summed E-state index contributed by atoms with van der Waals surface area (Å²) >= 11 is 0. The summed E-state index contributed by atoms with van der Waals surface area (Å²) in [7, 11) is 0. The highest BCUT2D eigenvalue weighted by atomic mass is 19.1. The summed E-state index contributed by atoms with van der Waals surface area (Å²) in [5.74, 6) is -0.235. The van der Waals surface area contributed by atoms with Gasteiger partial charge >= 0.3 is 5.69 Å². The molecule has 3 heterocycles. The van der Waals surface area contributed by atoms with E-state index in [1.807, 2.05) is 6.92 Å². The smallest absolute Gasteiger partial charge is 0.335 e. The number of carbonyl (C=O) groups excluding carboxylic acids is 1. The Morgan fingerprint density at radius 1 is 1.03 bits per heavy atom. The fourth-order valence-electron chi connectivity index (χ4n) is 3.92. The van der Waals surface area contributed by atoms with Crippen molar-refractivity contribution in [3.8, 4) is 17.3 Å². The Hall–Kier alpha value is -5.06. The lowest BCUT2D eigenvalue weighted by molar-refractivity contribution is 0.102. The Labute approximate surface area is 215 Å². The van der Waals surface area contributed by atoms with Gasteiger partial charge in [-0.25, -0.2) is 18.7 Å². The number of hydrogen-bond donors (Lipinski definition) is 1. The molecule has 0 bridgehead atoms. The van der Waals surface area contributed by atoms with E-state index in [2.05, 4.69) is 15.4 Å². The van der Waals surface area contributed by atoms with Crippen LogP contribution in [0.15, 0.2) is 82.6 Å². The molecule has 0 fully saturated rings. The number of aryl methyl sites for hydroxylation is 1. The molecule has 0 atom stereocenters. The Morgan fingerprint density at radius 2 is 1.74 bits per heavy atom. The molecule has 0 saturated carbocycles. The van der Waals surface area contributed by atoms with Gasteiger partial charge < -0.3 is 10.1 Å². The van der Waals surface area contributed by atoms with Crippen molar-refractivity contribution < 1.29 is 13.9 Å². The van der Waals surface area contributed by atoms with E-state index in [1.165, 1.54) is 22.9 Å². The number of rotatable bonds is 6. The van der Waals surface area contributed by atoms with Crippen LogP contribution in [0.5, 0.6) is 11.6 Å². The molecule has 1 amide bonds. The number of nitrogens with one attached hydrogen (secondary N) is 1. The minimum Gasteiger partial charge on any atom is -0.439 e. The second-order valence-electron chi connectivity index (χ2n) is 8.86. The average Bonchev–Trinajstić information content (AvgIpc) is 3.35. The van der Waals surface area contributed by atoms with Gasteiger partial charge in [-0.1, -0.05) is 0 Å². The van der Waals surface area contributed by atoms with Gasteiger partial charge in [-0.3, -0.25) is 14.2 Å². The maximum absolute atomic E-state index is 13.4. The molecule has 0 aliphatic heterocycles. The molecule has 5 aromatic rings. The lowest BCUT2D eigenvalue weighted by Gasteiger charge is -2.16. The number of benzene rings is 2. The molecule has 0 saturated heterocycles. The molecule has 0 aliphatic rings. The second kappa shape index (κ2) is 9.77. The first-order valence-corrected chi connectivity index (χ1v) is 11.8. The molecular formula is C27H23FN6O4. The standard InChI is InChI=1S/C27H23FN6O4/c1-16(2)32-15-22(26(36)33(27(32)37)20-8-4-18(28)5-9-20)25(35)31-19-6-10-21(11-7-19)38-24-14-17(3)30-23-12-13-29-34(23)24/h4-16H,1-3H3,(H,31,35). The van der Waals surface area contributed by atoms with Crippen LogP contribution in [-0.2, 0) is 0 Å². The first kappa shape index (κ1) is 24.6. The van der Waals surface area contributed by atoms with Gasteiger partial charge in [0.05, 0.1) is 11.9 Å². The van der Waals surface area contributed by atoms with E-state index >= 15 is 0 Å². The van der Waals surface area contributed by atoms with Crippen molar-refractivity contribution in [2.45, 2.75) is 26.8 Å². The number of nitrogens with zero attached hydrogens (tertiary/aromatic N) is 5. The number of halogens is 1. The van der Waals surface area contributed by atoms with Crippen LogP contribution in [0.2, 0.25) is 0 Å². The minimum absolute atomic E-state index is 0.157. The maximum atomic E-state index is 13.4. The molecule has 1 N–H and O–H groups in total. The van der Waals surface area contributed by atoms with Crippen LogP contribution in [0.1, 0.15) is 35.9 Å². The Morgan fingerprint density at radius 3 is 2.42 bits per heavy atom. The van der Waals surface area contributed by atoms with Gasteiger partial charge in [0.2, 0.25) is 5.88 Å². The van der Waals surface area contributed by atoms with E-state index in [0.717, 1.165) is 22.4 Å². The topological polar surface area (TPSA) is 113 Å². The van der Waals surface area contributed by atoms with Crippen LogP contribution in [0.25, 0.3) is 11.3 Å². The minimum atomic E-state index is -0.813. The highest BCUT2D eigenvalue weighted by molar-refractivity contribution is 6.03. The van der Waals surface area contributed by atoms with Gasteiger partial charge in [0.1, 0.15) is 17.1 Å². The third kappa shape index (κ3) is 4.69. The molecular weight excluding hydrogens is 491 g/mol. The lowest BCUT2D eigenvalue weighted by Crippen LogP contribution is -2.42. The molecule has 0 unspecified atom stereocenters. The summed E-state index contributed by atoms with van der Waals surface area (Å²) in [6, 6.07) is 14.7. The Kier molecular flexibility index (Phi) is 6.33. The van der Waals surface area contributed by atoms with Crippen molar-refractivity contribution in [2.75, 3.05) is 5.32 Å². The molecule has 2 aromatic carbocycles. The zero-order chi connectivity index (χ0) is 27.0. The first-order valence-electron chi connectivity index (χ1n) is 11.8. The molecule has 0 radical (unpaired) electrons. The third-order valence-electron chi connectivity index (χ3n) is 5.79. The summed E-state index contributed by atoms with van der Waals surface area (Å²) < 4.78 is 23.1. The maximum Gasteiger partial charge on any atom is 0.335 e. The fourth-order valence-corrected chi connectivity index (χ4v) is 3.92. The average molecular weight is 515 g/mol. The van der Waals surface area contributed by atoms with Gasteiger partial charge in [-0.2, -0.15) is 9.61 Å². The summed E-state index contributed by atoms with van der Waals surface area (Å²) in [4.78, 5) is 43.7. The number of ether oxygens (including phenoxy) is 1. The number of amides is 1. The van der Waals surface area contributed by atoms with Gasteiger partial charge in [0, 0.05) is 35.8 Å². The molecule has 10 nitrogen and oxygen atoms in total. The zero-order valence-electron chi connectivity index (χ0n) is 20.8. The predicted molar refractivity (Wildman–Crippen MR) is 139 cm³/mol. The number of aromatic nitrogens is 5. The van der Waals surface area contributed by atoms with Gasteiger partial charge in [-0.15, -0.1) is 0 Å². The monoisotopic (exact) mass is 514 g/mol. The number of anilines is 1. The van der Waals surface area contributed by atoms with Crippen molar-refractivity contribution in [1.82, 2.24) is 23.7 Å². The summed E-state index contributed by atoms with van der Waals surface area (Å²) in [5, 5.41) is 6.90. The third-order valence-corrected chi connectivity index (χ3v) is 5.79. The van der Waals surface area contributed by atoms with Crippen LogP contribution in [0.3, 0.4) is 0 Å².